The summed E-state index contributed by atoms with van der Waals surface area (Å²) in [4.78, 5) is 4.31. The van der Waals surface area contributed by atoms with Crippen molar-refractivity contribution in [1.29, 1.82) is 0 Å². The average Bonchev–Trinajstić information content (AvgIpc) is 2.75. The molecule has 1 heterocycles. The molecule has 2 nitrogen and oxygen atoms in total. The Kier molecular flexibility index (Phi) is 3.27. The van der Waals surface area contributed by atoms with Crippen LogP contribution in [0.4, 0.5) is 5.82 Å². The molecule has 1 aliphatic rings. The number of hydrogen-bond acceptors (Lipinski definition) is 2. The lowest BCUT2D eigenvalue weighted by Gasteiger charge is -2.13. The summed E-state index contributed by atoms with van der Waals surface area (Å²) in [5, 5.41) is 4.07. The van der Waals surface area contributed by atoms with Crippen LogP contribution >= 0.6 is 27.5 Å². The zero-order valence-corrected chi connectivity index (χ0v) is 12.0. The van der Waals surface area contributed by atoms with E-state index in [0.29, 0.717) is 11.1 Å². The third kappa shape index (κ3) is 2.38. The first-order valence-corrected chi connectivity index (χ1v) is 7.04. The van der Waals surface area contributed by atoms with Crippen LogP contribution in [0.5, 0.6) is 0 Å². The van der Waals surface area contributed by atoms with Gasteiger partial charge >= 0.3 is 0 Å². The molecule has 0 atom stereocenters. The van der Waals surface area contributed by atoms with Gasteiger partial charge in [-0.15, -0.1) is 0 Å². The zero-order valence-electron chi connectivity index (χ0n) is 9.66. The molecular formula is C14H12BrClN2. The number of nitrogens with one attached hydrogen (secondary N) is 1. The van der Waals surface area contributed by atoms with Gasteiger partial charge in [0, 0.05) is 16.7 Å². The van der Waals surface area contributed by atoms with Crippen molar-refractivity contribution in [3.63, 3.8) is 0 Å². The van der Waals surface area contributed by atoms with Crippen LogP contribution in [-0.2, 0) is 12.8 Å². The Morgan fingerprint density at radius 2 is 1.89 bits per heavy atom. The lowest BCUT2D eigenvalue weighted by Crippen LogP contribution is -2.20. The number of rotatable bonds is 2. The number of nitrogens with zero attached hydrogens (tertiary/aromatic N) is 1. The monoisotopic (exact) mass is 322 g/mol. The maximum atomic E-state index is 6.16. The minimum Gasteiger partial charge on any atom is -0.365 e. The molecule has 0 saturated heterocycles. The fraction of sp³-hybridized carbons (Fsp3) is 0.214. The summed E-state index contributed by atoms with van der Waals surface area (Å²) in [5.41, 5.74) is 2.84. The minimum atomic E-state index is 0.383. The van der Waals surface area contributed by atoms with Crippen molar-refractivity contribution in [1.82, 2.24) is 4.98 Å². The number of hydrogen-bond donors (Lipinski definition) is 1. The lowest BCUT2D eigenvalue weighted by atomic mass is 10.1. The second-order valence-corrected chi connectivity index (χ2v) is 5.83. The largest absolute Gasteiger partial charge is 0.365 e. The standard InChI is InChI=1S/C14H12BrClN2/c15-11-7-13(16)14(17-8-11)18-12-5-9-3-1-2-4-10(9)6-12/h1-4,7-8,12H,5-6H2,(H,17,18). The van der Waals surface area contributed by atoms with Gasteiger partial charge in [0.25, 0.3) is 0 Å². The first-order chi connectivity index (χ1) is 8.72. The van der Waals surface area contributed by atoms with E-state index in [4.69, 9.17) is 11.6 Å². The van der Waals surface area contributed by atoms with Crippen LogP contribution in [0.1, 0.15) is 11.1 Å². The van der Waals surface area contributed by atoms with Crippen molar-refractivity contribution >= 4 is 33.3 Å². The van der Waals surface area contributed by atoms with Gasteiger partial charge in [0.15, 0.2) is 0 Å². The van der Waals surface area contributed by atoms with Crippen molar-refractivity contribution in [2.75, 3.05) is 5.32 Å². The summed E-state index contributed by atoms with van der Waals surface area (Å²) in [6.45, 7) is 0. The molecule has 2 aromatic rings. The molecule has 3 rings (SSSR count). The Morgan fingerprint density at radius 1 is 1.22 bits per heavy atom. The van der Waals surface area contributed by atoms with Gasteiger partial charge in [-0.05, 0) is 46.0 Å². The maximum absolute atomic E-state index is 6.16. The molecule has 0 unspecified atom stereocenters. The average molecular weight is 324 g/mol. The molecule has 0 bridgehead atoms. The van der Waals surface area contributed by atoms with Crippen molar-refractivity contribution in [3.05, 3.63) is 57.2 Å². The van der Waals surface area contributed by atoms with E-state index in [1.165, 1.54) is 11.1 Å². The summed E-state index contributed by atoms with van der Waals surface area (Å²) in [5.74, 6) is 0.762. The molecule has 92 valence electrons. The molecule has 1 N–H and O–H groups in total. The Morgan fingerprint density at radius 3 is 2.50 bits per heavy atom. The normalized spacial score (nSPS) is 14.6. The third-order valence-electron chi connectivity index (χ3n) is 3.20. The SMILES string of the molecule is Clc1cc(Br)cnc1NC1Cc2ccccc2C1. The number of halogens is 2. The van der Waals surface area contributed by atoms with Crippen molar-refractivity contribution in [3.8, 4) is 0 Å². The second kappa shape index (κ2) is 4.90. The lowest BCUT2D eigenvalue weighted by molar-refractivity contribution is 0.769. The van der Waals surface area contributed by atoms with Gasteiger partial charge in [0.2, 0.25) is 0 Å². The van der Waals surface area contributed by atoms with Crippen molar-refractivity contribution in [2.24, 2.45) is 0 Å². The molecule has 18 heavy (non-hydrogen) atoms. The molecule has 1 aromatic heterocycles. The summed E-state index contributed by atoms with van der Waals surface area (Å²) in [6, 6.07) is 10.8. The predicted octanol–water partition coefficient (Wildman–Crippen LogP) is 4.08. The van der Waals surface area contributed by atoms with E-state index < -0.39 is 0 Å². The van der Waals surface area contributed by atoms with Crippen LogP contribution in [0, 0.1) is 0 Å². The van der Waals surface area contributed by atoms with E-state index in [2.05, 4.69) is 50.5 Å². The second-order valence-electron chi connectivity index (χ2n) is 4.50. The molecule has 0 amide bonds. The van der Waals surface area contributed by atoms with E-state index in [1.54, 1.807) is 6.20 Å². The molecule has 0 radical (unpaired) electrons. The fourth-order valence-corrected chi connectivity index (χ4v) is 3.06. The summed E-state index contributed by atoms with van der Waals surface area (Å²) in [7, 11) is 0. The van der Waals surface area contributed by atoms with Crippen LogP contribution in [0.3, 0.4) is 0 Å². The Bertz CT molecular complexity index is 561. The molecule has 0 fully saturated rings. The Balaban J connectivity index is 1.76. The molecule has 4 heteroatoms. The Hall–Kier alpha value is -1.06. The number of benzene rings is 1. The highest BCUT2D eigenvalue weighted by Gasteiger charge is 2.21. The highest BCUT2D eigenvalue weighted by Crippen LogP contribution is 2.27. The van der Waals surface area contributed by atoms with Gasteiger partial charge in [-0.1, -0.05) is 35.9 Å². The minimum absolute atomic E-state index is 0.383. The van der Waals surface area contributed by atoms with Crippen LogP contribution in [0.15, 0.2) is 41.0 Å². The smallest absolute Gasteiger partial charge is 0.145 e. The third-order valence-corrected chi connectivity index (χ3v) is 3.92. The topological polar surface area (TPSA) is 24.9 Å². The summed E-state index contributed by atoms with van der Waals surface area (Å²) >= 11 is 9.52. The molecule has 1 aromatic carbocycles. The maximum Gasteiger partial charge on any atom is 0.145 e. The van der Waals surface area contributed by atoms with Gasteiger partial charge in [0.1, 0.15) is 5.82 Å². The van der Waals surface area contributed by atoms with Gasteiger partial charge in [-0.25, -0.2) is 4.98 Å². The van der Waals surface area contributed by atoms with E-state index in [0.717, 1.165) is 23.1 Å². The van der Waals surface area contributed by atoms with E-state index >= 15 is 0 Å². The number of anilines is 1. The molecule has 1 aliphatic carbocycles. The summed E-state index contributed by atoms with van der Waals surface area (Å²) in [6.07, 6.45) is 3.82. The predicted molar refractivity (Wildman–Crippen MR) is 78.2 cm³/mol. The van der Waals surface area contributed by atoms with Crippen LogP contribution in [0.25, 0.3) is 0 Å². The van der Waals surface area contributed by atoms with Gasteiger partial charge in [0.05, 0.1) is 5.02 Å². The zero-order chi connectivity index (χ0) is 12.5. The van der Waals surface area contributed by atoms with Gasteiger partial charge in [-0.3, -0.25) is 0 Å². The highest BCUT2D eigenvalue weighted by molar-refractivity contribution is 9.10. The van der Waals surface area contributed by atoms with Crippen molar-refractivity contribution < 1.29 is 0 Å². The molecule has 0 spiro atoms. The highest BCUT2D eigenvalue weighted by atomic mass is 79.9. The fourth-order valence-electron chi connectivity index (χ4n) is 2.38. The van der Waals surface area contributed by atoms with Crippen LogP contribution in [0.2, 0.25) is 5.02 Å². The first-order valence-electron chi connectivity index (χ1n) is 5.87. The van der Waals surface area contributed by atoms with E-state index in [-0.39, 0.29) is 0 Å². The van der Waals surface area contributed by atoms with E-state index in [1.807, 2.05) is 6.07 Å². The van der Waals surface area contributed by atoms with Crippen molar-refractivity contribution in [2.45, 2.75) is 18.9 Å². The quantitative estimate of drug-likeness (QED) is 0.901. The Labute approximate surface area is 120 Å². The number of aromatic nitrogens is 1. The van der Waals surface area contributed by atoms with Crippen LogP contribution < -0.4 is 5.32 Å². The van der Waals surface area contributed by atoms with Gasteiger partial charge in [-0.2, -0.15) is 0 Å². The molecule has 0 aliphatic heterocycles. The van der Waals surface area contributed by atoms with Crippen LogP contribution in [-0.4, -0.2) is 11.0 Å². The number of pyridine rings is 1. The molecule has 0 saturated carbocycles. The van der Waals surface area contributed by atoms with Gasteiger partial charge < -0.3 is 5.32 Å². The molecular weight excluding hydrogens is 312 g/mol. The van der Waals surface area contributed by atoms with E-state index in [9.17, 15) is 0 Å². The first kappa shape index (κ1) is 12.0. The number of fused-ring (bicyclic) bond motifs is 1. The summed E-state index contributed by atoms with van der Waals surface area (Å²) < 4.78 is 0.896.